The molecule has 4 aromatic rings. The number of aromatic nitrogens is 6. The summed E-state index contributed by atoms with van der Waals surface area (Å²) in [4.78, 5) is 33.2. The minimum atomic E-state index is -0.399. The normalized spacial score (nSPS) is 18.2. The van der Waals surface area contributed by atoms with Crippen LogP contribution >= 0.6 is 0 Å². The fourth-order valence-electron chi connectivity index (χ4n) is 4.21. The standard InChI is InChI=1S/C21H19FN8O/c22-13-3-1-9-30-17(13)11-16(27-30)19-18-14(24-12-25-18)5-10-29(19)21-23-6-4-15(26-21)20(31)28-7-2-8-28/h1,3-4,6,9,11-12,19H,2,5,7-8,10H2,(H,24,25)/t19-/m0/s1. The summed E-state index contributed by atoms with van der Waals surface area (Å²) in [5.74, 6) is 0.00511. The van der Waals surface area contributed by atoms with Crippen molar-refractivity contribution in [1.82, 2.24) is 34.4 Å². The summed E-state index contributed by atoms with van der Waals surface area (Å²) < 4.78 is 15.8. The third-order valence-electron chi connectivity index (χ3n) is 5.94. The number of carbonyl (C=O) groups is 1. The van der Waals surface area contributed by atoms with Gasteiger partial charge in [-0.1, -0.05) is 0 Å². The number of likely N-dealkylation sites (tertiary alicyclic amines) is 1. The molecule has 31 heavy (non-hydrogen) atoms. The van der Waals surface area contributed by atoms with Gasteiger partial charge >= 0.3 is 0 Å². The highest BCUT2D eigenvalue weighted by Gasteiger charge is 2.35. The fourth-order valence-corrected chi connectivity index (χ4v) is 4.21. The zero-order valence-electron chi connectivity index (χ0n) is 16.6. The van der Waals surface area contributed by atoms with Gasteiger partial charge in [-0.25, -0.2) is 23.9 Å². The monoisotopic (exact) mass is 418 g/mol. The second-order valence-corrected chi connectivity index (χ2v) is 7.76. The van der Waals surface area contributed by atoms with E-state index in [1.165, 1.54) is 10.6 Å². The molecule has 1 atom stereocenters. The Labute approximate surface area is 176 Å². The van der Waals surface area contributed by atoms with Crippen molar-refractivity contribution in [2.45, 2.75) is 18.9 Å². The number of fused-ring (bicyclic) bond motifs is 2. The second-order valence-electron chi connectivity index (χ2n) is 7.76. The van der Waals surface area contributed by atoms with Crippen molar-refractivity contribution in [3.63, 3.8) is 0 Å². The number of hydrogen-bond donors (Lipinski definition) is 1. The number of halogens is 1. The first-order chi connectivity index (χ1) is 15.2. The quantitative estimate of drug-likeness (QED) is 0.547. The van der Waals surface area contributed by atoms with Crippen molar-refractivity contribution >= 4 is 17.4 Å². The molecule has 10 heteroatoms. The van der Waals surface area contributed by atoms with Crippen LogP contribution in [0.4, 0.5) is 10.3 Å². The number of carbonyl (C=O) groups excluding carboxylic acids is 1. The minimum Gasteiger partial charge on any atom is -0.348 e. The van der Waals surface area contributed by atoms with E-state index in [0.29, 0.717) is 29.4 Å². The van der Waals surface area contributed by atoms with Crippen LogP contribution in [0.3, 0.4) is 0 Å². The molecule has 0 bridgehead atoms. The summed E-state index contributed by atoms with van der Waals surface area (Å²) in [6, 6.07) is 6.00. The first-order valence-electron chi connectivity index (χ1n) is 10.2. The summed E-state index contributed by atoms with van der Waals surface area (Å²) in [5.41, 5.74) is 3.21. The SMILES string of the molecule is O=C(c1ccnc(N2CCc3[nH]cnc3[C@@H]2c2cc3c(F)cccn3n2)n1)N1CCC1. The molecule has 0 radical (unpaired) electrons. The summed E-state index contributed by atoms with van der Waals surface area (Å²) in [7, 11) is 0. The highest BCUT2D eigenvalue weighted by molar-refractivity contribution is 5.93. The Bertz CT molecular complexity index is 1290. The Morgan fingerprint density at radius 2 is 2.10 bits per heavy atom. The summed E-state index contributed by atoms with van der Waals surface area (Å²) in [6.07, 6.45) is 6.72. The maximum Gasteiger partial charge on any atom is 0.272 e. The molecule has 2 aliphatic heterocycles. The van der Waals surface area contributed by atoms with Gasteiger partial charge in [0.1, 0.15) is 23.1 Å². The molecule has 4 aromatic heterocycles. The van der Waals surface area contributed by atoms with Crippen LogP contribution in [0, 0.1) is 5.82 Å². The molecule has 0 saturated carbocycles. The van der Waals surface area contributed by atoms with Gasteiger partial charge in [0, 0.05) is 44.1 Å². The van der Waals surface area contributed by atoms with Gasteiger partial charge in [0.2, 0.25) is 5.95 Å². The molecule has 1 fully saturated rings. The van der Waals surface area contributed by atoms with E-state index in [-0.39, 0.29) is 11.7 Å². The Balaban J connectivity index is 1.44. The van der Waals surface area contributed by atoms with Gasteiger partial charge in [0.05, 0.1) is 17.7 Å². The van der Waals surface area contributed by atoms with Gasteiger partial charge in [-0.3, -0.25) is 4.79 Å². The maximum atomic E-state index is 14.3. The lowest BCUT2D eigenvalue weighted by atomic mass is 10.00. The van der Waals surface area contributed by atoms with Crippen molar-refractivity contribution in [3.8, 4) is 0 Å². The molecule has 9 nitrogen and oxygen atoms in total. The van der Waals surface area contributed by atoms with Crippen molar-refractivity contribution in [1.29, 1.82) is 0 Å². The lowest BCUT2D eigenvalue weighted by molar-refractivity contribution is 0.0645. The maximum absolute atomic E-state index is 14.3. The van der Waals surface area contributed by atoms with E-state index >= 15 is 0 Å². The number of hydrogen-bond acceptors (Lipinski definition) is 6. The molecule has 0 unspecified atom stereocenters. The summed E-state index contributed by atoms with van der Waals surface area (Å²) in [5, 5.41) is 4.61. The third-order valence-corrected chi connectivity index (χ3v) is 5.94. The number of nitrogens with zero attached hydrogens (tertiary/aromatic N) is 7. The van der Waals surface area contributed by atoms with E-state index in [4.69, 9.17) is 0 Å². The van der Waals surface area contributed by atoms with Crippen molar-refractivity contribution in [2.24, 2.45) is 0 Å². The lowest BCUT2D eigenvalue weighted by Gasteiger charge is -2.34. The summed E-state index contributed by atoms with van der Waals surface area (Å²) in [6.45, 7) is 2.12. The molecule has 0 spiro atoms. The van der Waals surface area contributed by atoms with E-state index in [0.717, 1.165) is 37.3 Å². The van der Waals surface area contributed by atoms with Gasteiger partial charge in [-0.2, -0.15) is 5.10 Å². The first kappa shape index (κ1) is 18.0. The molecule has 1 saturated heterocycles. The number of amides is 1. The number of aromatic amines is 1. The highest BCUT2D eigenvalue weighted by atomic mass is 19.1. The average molecular weight is 418 g/mol. The van der Waals surface area contributed by atoms with E-state index in [9.17, 15) is 9.18 Å². The largest absolute Gasteiger partial charge is 0.348 e. The minimum absolute atomic E-state index is 0.0845. The number of pyridine rings is 1. The van der Waals surface area contributed by atoms with Crippen LogP contribution in [0.5, 0.6) is 0 Å². The molecule has 6 heterocycles. The molecular formula is C21H19FN8O. The van der Waals surface area contributed by atoms with E-state index in [1.807, 2.05) is 4.90 Å². The molecule has 1 amide bonds. The first-order valence-corrected chi connectivity index (χ1v) is 10.2. The smallest absolute Gasteiger partial charge is 0.272 e. The Kier molecular flexibility index (Phi) is 3.98. The Hall–Kier alpha value is -3.82. The number of H-pyrrole nitrogens is 1. The predicted molar refractivity (Wildman–Crippen MR) is 109 cm³/mol. The molecule has 2 aliphatic rings. The van der Waals surface area contributed by atoms with Crippen LogP contribution in [-0.2, 0) is 6.42 Å². The zero-order valence-corrected chi connectivity index (χ0v) is 16.6. The fraction of sp³-hybridized carbons (Fsp3) is 0.286. The third kappa shape index (κ3) is 2.86. The Morgan fingerprint density at radius 1 is 1.19 bits per heavy atom. The molecule has 0 aliphatic carbocycles. The van der Waals surface area contributed by atoms with Crippen molar-refractivity contribution in [3.05, 3.63) is 71.6 Å². The summed E-state index contributed by atoms with van der Waals surface area (Å²) >= 11 is 0. The zero-order chi connectivity index (χ0) is 20.9. The number of imidazole rings is 1. The molecule has 6 rings (SSSR count). The van der Waals surface area contributed by atoms with Crippen LogP contribution in [0.2, 0.25) is 0 Å². The number of anilines is 1. The van der Waals surface area contributed by atoms with E-state index < -0.39 is 6.04 Å². The van der Waals surface area contributed by atoms with Crippen LogP contribution in [0.1, 0.15) is 40.0 Å². The number of rotatable bonds is 3. The van der Waals surface area contributed by atoms with Crippen LogP contribution in [-0.4, -0.2) is 60.0 Å². The topological polar surface area (TPSA) is 95.3 Å². The number of nitrogens with one attached hydrogen (secondary N) is 1. The van der Waals surface area contributed by atoms with Gasteiger partial charge < -0.3 is 14.8 Å². The van der Waals surface area contributed by atoms with E-state index in [1.54, 1.807) is 41.8 Å². The molecule has 0 aromatic carbocycles. The van der Waals surface area contributed by atoms with Crippen LogP contribution in [0.25, 0.3) is 5.52 Å². The molecule has 1 N–H and O–H groups in total. The van der Waals surface area contributed by atoms with Gasteiger partial charge in [0.15, 0.2) is 0 Å². The average Bonchev–Trinajstić information content (AvgIpc) is 3.39. The van der Waals surface area contributed by atoms with Gasteiger partial charge in [-0.05, 0) is 30.7 Å². The molecule has 156 valence electrons. The Morgan fingerprint density at radius 3 is 2.90 bits per heavy atom. The van der Waals surface area contributed by atoms with Gasteiger partial charge in [0.25, 0.3) is 5.91 Å². The van der Waals surface area contributed by atoms with Gasteiger partial charge in [-0.15, -0.1) is 0 Å². The van der Waals surface area contributed by atoms with Crippen LogP contribution < -0.4 is 4.90 Å². The molecular weight excluding hydrogens is 399 g/mol. The van der Waals surface area contributed by atoms with Crippen LogP contribution in [0.15, 0.2) is 43.0 Å². The lowest BCUT2D eigenvalue weighted by Crippen LogP contribution is -2.43. The van der Waals surface area contributed by atoms with Crippen molar-refractivity contribution in [2.75, 3.05) is 24.5 Å². The van der Waals surface area contributed by atoms with E-state index in [2.05, 4.69) is 25.0 Å². The predicted octanol–water partition coefficient (Wildman–Crippen LogP) is 1.98. The highest BCUT2D eigenvalue weighted by Crippen LogP contribution is 2.35. The second kappa shape index (κ2) is 6.86. The van der Waals surface area contributed by atoms with Crippen molar-refractivity contribution < 1.29 is 9.18 Å².